The summed E-state index contributed by atoms with van der Waals surface area (Å²) in [7, 11) is 0. The molecule has 106 valence electrons. The number of aromatic nitrogens is 2. The van der Waals surface area contributed by atoms with E-state index in [4.69, 9.17) is 0 Å². The molecule has 5 heteroatoms. The lowest BCUT2D eigenvalue weighted by Gasteiger charge is -2.17. The second-order valence-corrected chi connectivity index (χ2v) is 5.43. The molecule has 0 aliphatic carbocycles. The summed E-state index contributed by atoms with van der Waals surface area (Å²) in [4.78, 5) is 14.2. The van der Waals surface area contributed by atoms with Crippen molar-refractivity contribution >= 4 is 5.69 Å². The van der Waals surface area contributed by atoms with Crippen molar-refractivity contribution in [3.05, 3.63) is 22.6 Å². The summed E-state index contributed by atoms with van der Waals surface area (Å²) in [6.07, 6.45) is 5.17. The van der Waals surface area contributed by atoms with Crippen molar-refractivity contribution in [1.29, 1.82) is 0 Å². The molecule has 1 aliphatic heterocycles. The summed E-state index contributed by atoms with van der Waals surface area (Å²) < 4.78 is 1.56. The van der Waals surface area contributed by atoms with Gasteiger partial charge in [-0.15, -0.1) is 0 Å². The second kappa shape index (κ2) is 6.70. The Morgan fingerprint density at radius 1 is 1.37 bits per heavy atom. The van der Waals surface area contributed by atoms with E-state index in [1.54, 1.807) is 10.7 Å². The van der Waals surface area contributed by atoms with Crippen LogP contribution >= 0.6 is 0 Å². The highest BCUT2D eigenvalue weighted by Crippen LogP contribution is 2.16. The molecule has 0 radical (unpaired) electrons. The molecule has 0 saturated carbocycles. The standard InChI is InChI=1S/C14H24N4O/c1-12(2)15-6-5-9-18-14(19)10-13(11-16-18)17-7-3-4-8-17/h10-12,15H,3-9H2,1-2H3. The van der Waals surface area contributed by atoms with Crippen LogP contribution in [0.25, 0.3) is 0 Å². The molecule has 1 N–H and O–H groups in total. The molecule has 0 bridgehead atoms. The third kappa shape index (κ3) is 4.06. The molecular formula is C14H24N4O. The third-order valence-electron chi connectivity index (χ3n) is 3.43. The molecule has 1 saturated heterocycles. The molecule has 2 heterocycles. The highest BCUT2D eigenvalue weighted by molar-refractivity contribution is 5.43. The molecule has 0 aromatic carbocycles. The predicted octanol–water partition coefficient (Wildman–Crippen LogP) is 1.23. The minimum atomic E-state index is 0.00828. The topological polar surface area (TPSA) is 50.2 Å². The fourth-order valence-corrected chi connectivity index (χ4v) is 2.36. The lowest BCUT2D eigenvalue weighted by molar-refractivity contribution is 0.499. The smallest absolute Gasteiger partial charge is 0.268 e. The summed E-state index contributed by atoms with van der Waals surface area (Å²) in [6.45, 7) is 7.93. The van der Waals surface area contributed by atoms with Gasteiger partial charge in [0.25, 0.3) is 5.56 Å². The van der Waals surface area contributed by atoms with Crippen LogP contribution in [0.4, 0.5) is 5.69 Å². The van der Waals surface area contributed by atoms with Gasteiger partial charge in [-0.3, -0.25) is 4.79 Å². The van der Waals surface area contributed by atoms with Gasteiger partial charge in [0.15, 0.2) is 0 Å². The van der Waals surface area contributed by atoms with Gasteiger partial charge in [0.1, 0.15) is 0 Å². The number of nitrogens with one attached hydrogen (secondary N) is 1. The molecule has 19 heavy (non-hydrogen) atoms. The van der Waals surface area contributed by atoms with Crippen LogP contribution in [0.3, 0.4) is 0 Å². The monoisotopic (exact) mass is 264 g/mol. The fraction of sp³-hybridized carbons (Fsp3) is 0.714. The van der Waals surface area contributed by atoms with Gasteiger partial charge < -0.3 is 10.2 Å². The largest absolute Gasteiger partial charge is 0.370 e. The molecule has 1 fully saturated rings. The first-order chi connectivity index (χ1) is 9.16. The van der Waals surface area contributed by atoms with Gasteiger partial charge in [0.2, 0.25) is 0 Å². The first-order valence-corrected chi connectivity index (χ1v) is 7.22. The van der Waals surface area contributed by atoms with E-state index in [1.165, 1.54) is 12.8 Å². The van der Waals surface area contributed by atoms with Crippen LogP contribution in [0, 0.1) is 0 Å². The van der Waals surface area contributed by atoms with E-state index >= 15 is 0 Å². The van der Waals surface area contributed by atoms with Gasteiger partial charge in [-0.05, 0) is 25.8 Å². The lowest BCUT2D eigenvalue weighted by atomic mass is 10.3. The normalized spacial score (nSPS) is 15.4. The van der Waals surface area contributed by atoms with E-state index in [0.717, 1.165) is 31.7 Å². The van der Waals surface area contributed by atoms with E-state index in [1.807, 2.05) is 6.20 Å². The second-order valence-electron chi connectivity index (χ2n) is 5.43. The van der Waals surface area contributed by atoms with Crippen molar-refractivity contribution in [2.75, 3.05) is 24.5 Å². The minimum absolute atomic E-state index is 0.00828. The first-order valence-electron chi connectivity index (χ1n) is 7.22. The van der Waals surface area contributed by atoms with Crippen LogP contribution in [-0.2, 0) is 6.54 Å². The molecule has 1 aromatic rings. The molecule has 0 atom stereocenters. The zero-order chi connectivity index (χ0) is 13.7. The summed E-state index contributed by atoms with van der Waals surface area (Å²) in [5.74, 6) is 0. The Bertz CT molecular complexity index is 449. The molecular weight excluding hydrogens is 240 g/mol. The van der Waals surface area contributed by atoms with Crippen LogP contribution in [0.5, 0.6) is 0 Å². The van der Waals surface area contributed by atoms with Gasteiger partial charge in [-0.2, -0.15) is 5.10 Å². The van der Waals surface area contributed by atoms with Crippen molar-refractivity contribution in [1.82, 2.24) is 15.1 Å². The maximum absolute atomic E-state index is 12.0. The zero-order valence-corrected chi connectivity index (χ0v) is 11.9. The van der Waals surface area contributed by atoms with Crippen LogP contribution in [-0.4, -0.2) is 35.5 Å². The Balaban J connectivity index is 1.90. The first kappa shape index (κ1) is 14.1. The number of anilines is 1. The maximum Gasteiger partial charge on any atom is 0.268 e. The van der Waals surface area contributed by atoms with Crippen molar-refractivity contribution in [3.8, 4) is 0 Å². The molecule has 1 aliphatic rings. The van der Waals surface area contributed by atoms with Crippen LogP contribution < -0.4 is 15.8 Å². The van der Waals surface area contributed by atoms with Gasteiger partial charge in [0, 0.05) is 31.7 Å². The summed E-state index contributed by atoms with van der Waals surface area (Å²) in [6, 6.07) is 2.20. The highest BCUT2D eigenvalue weighted by Gasteiger charge is 2.13. The number of nitrogens with zero attached hydrogens (tertiary/aromatic N) is 3. The maximum atomic E-state index is 12.0. The van der Waals surface area contributed by atoms with E-state index < -0.39 is 0 Å². The number of rotatable bonds is 6. The van der Waals surface area contributed by atoms with Gasteiger partial charge in [-0.1, -0.05) is 13.8 Å². The number of aryl methyl sites for hydroxylation is 1. The summed E-state index contributed by atoms with van der Waals surface area (Å²) in [5, 5.41) is 7.61. The SMILES string of the molecule is CC(C)NCCCn1ncc(N2CCCC2)cc1=O. The van der Waals surface area contributed by atoms with Crippen molar-refractivity contribution in [2.24, 2.45) is 0 Å². The molecule has 1 aromatic heterocycles. The Kier molecular flexibility index (Phi) is 4.96. The van der Waals surface area contributed by atoms with Crippen LogP contribution in [0.2, 0.25) is 0 Å². The molecule has 5 nitrogen and oxygen atoms in total. The average Bonchev–Trinajstić information content (AvgIpc) is 2.89. The Labute approximate surface area is 114 Å². The Hall–Kier alpha value is -1.36. The van der Waals surface area contributed by atoms with Crippen LogP contribution in [0.1, 0.15) is 33.1 Å². The lowest BCUT2D eigenvalue weighted by Crippen LogP contribution is -2.29. The minimum Gasteiger partial charge on any atom is -0.370 e. The molecule has 0 unspecified atom stereocenters. The van der Waals surface area contributed by atoms with Gasteiger partial charge in [-0.25, -0.2) is 4.68 Å². The number of hydrogen-bond acceptors (Lipinski definition) is 4. The van der Waals surface area contributed by atoms with Crippen molar-refractivity contribution < 1.29 is 0 Å². The number of hydrogen-bond donors (Lipinski definition) is 1. The Morgan fingerprint density at radius 3 is 2.74 bits per heavy atom. The van der Waals surface area contributed by atoms with Gasteiger partial charge in [0.05, 0.1) is 11.9 Å². The van der Waals surface area contributed by atoms with E-state index in [2.05, 4.69) is 29.2 Å². The summed E-state index contributed by atoms with van der Waals surface area (Å²) in [5.41, 5.74) is 0.980. The Morgan fingerprint density at radius 2 is 2.11 bits per heavy atom. The predicted molar refractivity (Wildman–Crippen MR) is 77.7 cm³/mol. The molecule has 2 rings (SSSR count). The van der Waals surface area contributed by atoms with Crippen molar-refractivity contribution in [2.45, 2.75) is 45.7 Å². The van der Waals surface area contributed by atoms with E-state index in [-0.39, 0.29) is 5.56 Å². The van der Waals surface area contributed by atoms with Gasteiger partial charge >= 0.3 is 0 Å². The highest BCUT2D eigenvalue weighted by atomic mass is 16.1. The molecule has 0 spiro atoms. The molecule has 0 amide bonds. The third-order valence-corrected chi connectivity index (χ3v) is 3.43. The summed E-state index contributed by atoms with van der Waals surface area (Å²) >= 11 is 0. The fourth-order valence-electron chi connectivity index (χ4n) is 2.36. The van der Waals surface area contributed by atoms with Crippen LogP contribution in [0.15, 0.2) is 17.1 Å². The van der Waals surface area contributed by atoms with E-state index in [9.17, 15) is 4.79 Å². The van der Waals surface area contributed by atoms with Crippen molar-refractivity contribution in [3.63, 3.8) is 0 Å². The quantitative estimate of drug-likeness (QED) is 0.785. The zero-order valence-electron chi connectivity index (χ0n) is 11.9. The van der Waals surface area contributed by atoms with E-state index in [0.29, 0.717) is 12.6 Å². The average molecular weight is 264 g/mol.